The van der Waals surface area contributed by atoms with Crippen molar-refractivity contribution in [3.05, 3.63) is 70.9 Å². The molecule has 206 valence electrons. The maximum absolute atomic E-state index is 14.0. The van der Waals surface area contributed by atoms with Crippen LogP contribution in [0.2, 0.25) is 5.02 Å². The van der Waals surface area contributed by atoms with Gasteiger partial charge in [0.2, 0.25) is 5.91 Å². The first-order valence-electron chi connectivity index (χ1n) is 13.5. The molecule has 2 amide bonds. The maximum atomic E-state index is 14.0. The summed E-state index contributed by atoms with van der Waals surface area (Å²) in [6, 6.07) is 16.9. The van der Waals surface area contributed by atoms with Gasteiger partial charge in [-0.15, -0.1) is 0 Å². The number of hydrogen-bond donors (Lipinski definition) is 0. The average molecular weight is 551 g/mol. The topological polar surface area (TPSA) is 79.1 Å². The number of halogens is 1. The largest absolute Gasteiger partial charge is 0.493 e. The van der Waals surface area contributed by atoms with Gasteiger partial charge < -0.3 is 24.0 Å². The molecule has 2 aliphatic rings. The first-order valence-corrected chi connectivity index (χ1v) is 13.9. The summed E-state index contributed by atoms with van der Waals surface area (Å²) < 4.78 is 11.7. The molecule has 0 radical (unpaired) electrons. The van der Waals surface area contributed by atoms with Crippen LogP contribution in [0.1, 0.15) is 35.4 Å². The van der Waals surface area contributed by atoms with Crippen molar-refractivity contribution in [3.63, 3.8) is 0 Å². The Morgan fingerprint density at radius 2 is 1.72 bits per heavy atom. The zero-order valence-corrected chi connectivity index (χ0v) is 23.3. The number of benzene rings is 2. The smallest absolute Gasteiger partial charge is 0.259 e. The Hall–Kier alpha value is -3.36. The van der Waals surface area contributed by atoms with Crippen molar-refractivity contribution in [3.8, 4) is 17.0 Å². The Labute approximate surface area is 234 Å². The second-order valence-corrected chi connectivity index (χ2v) is 11.1. The van der Waals surface area contributed by atoms with E-state index in [0.29, 0.717) is 66.8 Å². The van der Waals surface area contributed by atoms with Crippen LogP contribution in [0.25, 0.3) is 11.3 Å². The predicted octanol–water partition coefficient (Wildman–Crippen LogP) is 4.77. The van der Waals surface area contributed by atoms with E-state index in [0.717, 1.165) is 31.7 Å². The van der Waals surface area contributed by atoms with E-state index in [-0.39, 0.29) is 11.8 Å². The molecule has 9 heteroatoms. The van der Waals surface area contributed by atoms with Gasteiger partial charge in [-0.05, 0) is 45.0 Å². The molecule has 5 rings (SSSR count). The lowest BCUT2D eigenvalue weighted by Crippen LogP contribution is -2.53. The molecular weight excluding hydrogens is 516 g/mol. The molecule has 0 unspecified atom stereocenters. The number of piperazine rings is 1. The predicted molar refractivity (Wildman–Crippen MR) is 150 cm³/mol. The molecule has 2 aromatic carbocycles. The Balaban J connectivity index is 1.40. The van der Waals surface area contributed by atoms with Crippen LogP contribution in [0.3, 0.4) is 0 Å². The van der Waals surface area contributed by atoms with Crippen LogP contribution in [0.5, 0.6) is 5.75 Å². The minimum Gasteiger partial charge on any atom is -0.493 e. The molecule has 1 aromatic heterocycles. The molecule has 0 saturated carbocycles. The highest BCUT2D eigenvalue weighted by atomic mass is 35.5. The van der Waals surface area contributed by atoms with Crippen molar-refractivity contribution in [2.45, 2.75) is 26.2 Å². The zero-order chi connectivity index (χ0) is 27.4. The molecule has 0 bridgehead atoms. The minimum atomic E-state index is -0.514. The number of rotatable bonds is 7. The number of aryl methyl sites for hydroxylation is 1. The summed E-state index contributed by atoms with van der Waals surface area (Å²) in [7, 11) is 2.07. The Morgan fingerprint density at radius 1 is 1.00 bits per heavy atom. The third-order valence-corrected chi connectivity index (χ3v) is 8.15. The van der Waals surface area contributed by atoms with E-state index in [2.05, 4.69) is 17.1 Å². The summed E-state index contributed by atoms with van der Waals surface area (Å²) in [4.78, 5) is 33.6. The van der Waals surface area contributed by atoms with Gasteiger partial charge in [-0.2, -0.15) is 0 Å². The van der Waals surface area contributed by atoms with Crippen LogP contribution in [0.4, 0.5) is 0 Å². The molecule has 8 nitrogen and oxygen atoms in total. The zero-order valence-electron chi connectivity index (χ0n) is 22.6. The molecule has 0 N–H and O–H groups in total. The van der Waals surface area contributed by atoms with Gasteiger partial charge in [0, 0.05) is 56.7 Å². The number of nitrogens with zero attached hydrogens (tertiary/aromatic N) is 4. The Kier molecular flexibility index (Phi) is 8.23. The Bertz CT molecular complexity index is 1310. The van der Waals surface area contributed by atoms with Crippen molar-refractivity contribution in [2.24, 2.45) is 5.41 Å². The monoisotopic (exact) mass is 550 g/mol. The van der Waals surface area contributed by atoms with Crippen LogP contribution >= 0.6 is 11.6 Å². The second kappa shape index (κ2) is 11.8. The van der Waals surface area contributed by atoms with E-state index in [9.17, 15) is 9.59 Å². The lowest BCUT2D eigenvalue weighted by atomic mass is 9.77. The second-order valence-electron chi connectivity index (χ2n) is 10.7. The third kappa shape index (κ3) is 6.12. The van der Waals surface area contributed by atoms with E-state index < -0.39 is 5.41 Å². The normalized spacial score (nSPS) is 20.2. The fourth-order valence-electron chi connectivity index (χ4n) is 5.56. The summed E-state index contributed by atoms with van der Waals surface area (Å²) in [5.41, 5.74) is 0.988. The summed E-state index contributed by atoms with van der Waals surface area (Å²) in [5.74, 6) is 1.15. The minimum absolute atomic E-state index is 0.118. The maximum Gasteiger partial charge on any atom is 0.259 e. The molecule has 0 spiro atoms. The number of likely N-dealkylation sites (N-methyl/N-ethyl adjacent to an activating group) is 1. The number of hydrogen-bond acceptors (Lipinski definition) is 6. The van der Waals surface area contributed by atoms with Crippen LogP contribution in [0, 0.1) is 12.3 Å². The standard InChI is InChI=1S/C30H35ClN4O4/c1-22-27(28(32-39-22)24-11-6-7-12-25(24)31)29(37)35-14-8-13-30(20-35,21-38-23-9-4-3-5-10-23)19-26(36)34-17-15-33(2)16-18-34/h3-7,9-12H,8,13-21H2,1-2H3/t30-/m0/s1. The van der Waals surface area contributed by atoms with Crippen molar-refractivity contribution in [1.29, 1.82) is 0 Å². The van der Waals surface area contributed by atoms with Gasteiger partial charge in [0.05, 0.1) is 11.6 Å². The van der Waals surface area contributed by atoms with Gasteiger partial charge in [-0.25, -0.2) is 0 Å². The van der Waals surface area contributed by atoms with Gasteiger partial charge in [-0.3, -0.25) is 9.59 Å². The van der Waals surface area contributed by atoms with Gasteiger partial charge in [0.1, 0.15) is 22.8 Å². The fraction of sp³-hybridized carbons (Fsp3) is 0.433. The highest BCUT2D eigenvalue weighted by Crippen LogP contribution is 2.38. The fourth-order valence-corrected chi connectivity index (χ4v) is 5.78. The summed E-state index contributed by atoms with van der Waals surface area (Å²) in [6.07, 6.45) is 1.89. The van der Waals surface area contributed by atoms with Gasteiger partial charge in [-0.1, -0.05) is 53.2 Å². The summed E-state index contributed by atoms with van der Waals surface area (Å²) in [6.45, 7) is 6.24. The van der Waals surface area contributed by atoms with Crippen molar-refractivity contribution < 1.29 is 18.8 Å². The third-order valence-electron chi connectivity index (χ3n) is 7.82. The number of amides is 2. The van der Waals surface area contributed by atoms with Crippen LogP contribution in [0.15, 0.2) is 59.1 Å². The van der Waals surface area contributed by atoms with Crippen LogP contribution in [-0.4, -0.2) is 84.6 Å². The molecule has 3 aromatic rings. The molecule has 0 aliphatic carbocycles. The number of likely N-dealkylation sites (tertiary alicyclic amines) is 1. The quantitative estimate of drug-likeness (QED) is 0.422. The van der Waals surface area contributed by atoms with Crippen molar-refractivity contribution in [1.82, 2.24) is 19.9 Å². The van der Waals surface area contributed by atoms with Gasteiger partial charge in [0.25, 0.3) is 5.91 Å². The highest BCUT2D eigenvalue weighted by Gasteiger charge is 2.42. The number of para-hydroxylation sites is 1. The molecule has 1 atom stereocenters. The summed E-state index contributed by atoms with van der Waals surface area (Å²) >= 11 is 6.45. The average Bonchev–Trinajstić information content (AvgIpc) is 3.33. The first kappa shape index (κ1) is 27.2. The van der Waals surface area contributed by atoms with Gasteiger partial charge >= 0.3 is 0 Å². The molecule has 2 fully saturated rings. The number of aromatic nitrogens is 1. The number of ether oxygens (including phenoxy) is 1. The highest BCUT2D eigenvalue weighted by molar-refractivity contribution is 6.33. The molecular formula is C30H35ClN4O4. The van der Waals surface area contributed by atoms with E-state index in [1.165, 1.54) is 0 Å². The van der Waals surface area contributed by atoms with Gasteiger partial charge in [0.15, 0.2) is 0 Å². The molecule has 2 saturated heterocycles. The van der Waals surface area contributed by atoms with E-state index in [1.54, 1.807) is 13.0 Å². The lowest BCUT2D eigenvalue weighted by molar-refractivity contribution is -0.137. The number of carbonyl (C=O) groups is 2. The van der Waals surface area contributed by atoms with Crippen molar-refractivity contribution >= 4 is 23.4 Å². The summed E-state index contributed by atoms with van der Waals surface area (Å²) in [5, 5.41) is 4.70. The Morgan fingerprint density at radius 3 is 2.46 bits per heavy atom. The SMILES string of the molecule is Cc1onc(-c2ccccc2Cl)c1C(=O)N1CCC[C@](COc2ccccc2)(CC(=O)N2CCN(C)CC2)C1. The molecule has 3 heterocycles. The number of carbonyl (C=O) groups excluding carboxylic acids is 2. The lowest BCUT2D eigenvalue weighted by Gasteiger charge is -2.43. The van der Waals surface area contributed by atoms with Crippen molar-refractivity contribution in [2.75, 3.05) is 52.9 Å². The van der Waals surface area contributed by atoms with Crippen LogP contribution in [-0.2, 0) is 4.79 Å². The van der Waals surface area contributed by atoms with E-state index in [1.807, 2.05) is 58.3 Å². The van der Waals surface area contributed by atoms with Crippen LogP contribution < -0.4 is 4.74 Å². The number of piperidine rings is 1. The van der Waals surface area contributed by atoms with E-state index in [4.69, 9.17) is 20.9 Å². The molecule has 39 heavy (non-hydrogen) atoms. The first-order chi connectivity index (χ1) is 18.8. The van der Waals surface area contributed by atoms with E-state index >= 15 is 0 Å². The molecule has 2 aliphatic heterocycles.